The van der Waals surface area contributed by atoms with Gasteiger partial charge < -0.3 is 5.43 Å². The number of nitrogens with zero attached hydrogens (tertiary/aromatic N) is 2. The van der Waals surface area contributed by atoms with E-state index in [9.17, 15) is 10.1 Å². The molecule has 0 heterocycles. The first-order chi connectivity index (χ1) is 8.19. The van der Waals surface area contributed by atoms with Gasteiger partial charge in [0.2, 0.25) is 0 Å². The van der Waals surface area contributed by atoms with Crippen LogP contribution in [0.2, 0.25) is 0 Å². The second-order valence-electron chi connectivity index (χ2n) is 3.37. The number of para-hydroxylation sites is 2. The minimum atomic E-state index is -0.414. The number of hydrogen-bond donors (Lipinski definition) is 1. The van der Waals surface area contributed by atoms with Gasteiger partial charge in [-0.25, -0.2) is 5.01 Å². The molecule has 0 saturated carbocycles. The minimum Gasteiger partial charge on any atom is -0.312 e. The van der Waals surface area contributed by atoms with E-state index in [1.54, 1.807) is 35.4 Å². The highest BCUT2D eigenvalue weighted by molar-refractivity contribution is 5.60. The predicted molar refractivity (Wildman–Crippen MR) is 68.7 cm³/mol. The number of hydrazine groups is 1. The highest BCUT2D eigenvalue weighted by Gasteiger charge is 2.13. The zero-order valence-electron chi connectivity index (χ0n) is 9.50. The van der Waals surface area contributed by atoms with Crippen molar-refractivity contribution < 1.29 is 4.92 Å². The van der Waals surface area contributed by atoms with Gasteiger partial charge in [-0.2, -0.15) is 0 Å². The van der Waals surface area contributed by atoms with E-state index in [4.69, 9.17) is 0 Å². The minimum absolute atomic E-state index is 0.0469. The van der Waals surface area contributed by atoms with E-state index >= 15 is 0 Å². The Morgan fingerprint density at radius 2 is 1.88 bits per heavy atom. The highest BCUT2D eigenvalue weighted by atomic mass is 16.6. The Morgan fingerprint density at radius 1 is 1.29 bits per heavy atom. The lowest BCUT2D eigenvalue weighted by molar-refractivity contribution is -0.384. The van der Waals surface area contributed by atoms with E-state index in [1.807, 2.05) is 0 Å². The van der Waals surface area contributed by atoms with Gasteiger partial charge in [0.05, 0.1) is 4.92 Å². The van der Waals surface area contributed by atoms with Gasteiger partial charge in [0.25, 0.3) is 5.69 Å². The quantitative estimate of drug-likeness (QED) is 0.447. The molecule has 0 aromatic heterocycles. The summed E-state index contributed by atoms with van der Waals surface area (Å²) < 4.78 is 0. The molecule has 0 aliphatic heterocycles. The summed E-state index contributed by atoms with van der Waals surface area (Å²) in [7, 11) is 0. The van der Waals surface area contributed by atoms with Gasteiger partial charge in [-0.3, -0.25) is 10.1 Å². The Labute approximate surface area is 100 Å². The maximum Gasteiger partial charge on any atom is 0.293 e. The van der Waals surface area contributed by atoms with Crippen molar-refractivity contribution >= 4 is 11.4 Å². The van der Waals surface area contributed by atoms with E-state index in [1.165, 1.54) is 6.07 Å². The fourth-order valence-electron chi connectivity index (χ4n) is 1.38. The molecular weight excluding hydrogens is 218 g/mol. The summed E-state index contributed by atoms with van der Waals surface area (Å²) in [6, 6.07) is 6.50. The van der Waals surface area contributed by atoms with Crippen LogP contribution in [0.1, 0.15) is 0 Å². The van der Waals surface area contributed by atoms with Crippen molar-refractivity contribution in [2.45, 2.75) is 0 Å². The van der Waals surface area contributed by atoms with Crippen LogP contribution in [0.25, 0.3) is 0 Å². The van der Waals surface area contributed by atoms with Crippen LogP contribution in [-0.4, -0.2) is 23.0 Å². The summed E-state index contributed by atoms with van der Waals surface area (Å²) in [6.45, 7) is 8.40. The molecule has 0 spiro atoms. The van der Waals surface area contributed by atoms with E-state index in [2.05, 4.69) is 18.6 Å². The number of nitrogens with one attached hydrogen (secondary N) is 1. The van der Waals surface area contributed by atoms with Gasteiger partial charge in [0, 0.05) is 19.2 Å². The smallest absolute Gasteiger partial charge is 0.293 e. The Hall–Kier alpha value is -2.14. The highest BCUT2D eigenvalue weighted by Crippen LogP contribution is 2.23. The summed E-state index contributed by atoms with van der Waals surface area (Å²) in [5.74, 6) is 0. The number of benzene rings is 1. The van der Waals surface area contributed by atoms with E-state index < -0.39 is 4.92 Å². The Kier molecular flexibility index (Phi) is 4.90. The molecule has 0 saturated heterocycles. The molecule has 1 N–H and O–H groups in total. The molecule has 0 unspecified atom stereocenters. The molecule has 1 aromatic carbocycles. The fourth-order valence-corrected chi connectivity index (χ4v) is 1.38. The fraction of sp³-hybridized carbons (Fsp3) is 0.167. The van der Waals surface area contributed by atoms with Crippen LogP contribution in [0.3, 0.4) is 0 Å². The first kappa shape index (κ1) is 12.9. The molecule has 1 rings (SSSR count). The van der Waals surface area contributed by atoms with Crippen LogP contribution in [0, 0.1) is 10.1 Å². The second kappa shape index (κ2) is 6.44. The molecule has 0 aliphatic rings. The molecule has 5 heteroatoms. The zero-order chi connectivity index (χ0) is 12.7. The van der Waals surface area contributed by atoms with Crippen LogP contribution >= 0.6 is 0 Å². The normalized spacial score (nSPS) is 9.94. The van der Waals surface area contributed by atoms with Crippen LogP contribution in [0.15, 0.2) is 49.6 Å². The molecule has 5 nitrogen and oxygen atoms in total. The Bertz CT molecular complexity index is 408. The van der Waals surface area contributed by atoms with E-state index in [0.717, 1.165) is 0 Å². The van der Waals surface area contributed by atoms with Crippen molar-refractivity contribution in [3.8, 4) is 0 Å². The molecule has 0 radical (unpaired) electrons. The molecule has 17 heavy (non-hydrogen) atoms. The molecule has 0 bridgehead atoms. The average molecular weight is 233 g/mol. The monoisotopic (exact) mass is 233 g/mol. The second-order valence-corrected chi connectivity index (χ2v) is 3.37. The van der Waals surface area contributed by atoms with E-state index in [-0.39, 0.29) is 5.69 Å². The van der Waals surface area contributed by atoms with Crippen LogP contribution in [0.5, 0.6) is 0 Å². The lowest BCUT2D eigenvalue weighted by Crippen LogP contribution is -2.30. The van der Waals surface area contributed by atoms with Gasteiger partial charge in [0.1, 0.15) is 5.69 Å². The average Bonchev–Trinajstić information content (AvgIpc) is 2.30. The molecule has 90 valence electrons. The number of nitro benzene ring substituents is 1. The van der Waals surface area contributed by atoms with Gasteiger partial charge in [-0.05, 0) is 6.07 Å². The molecule has 0 aliphatic carbocycles. The first-order valence-electron chi connectivity index (χ1n) is 5.16. The summed E-state index contributed by atoms with van der Waals surface area (Å²) in [5, 5.41) is 12.6. The third-order valence-electron chi connectivity index (χ3n) is 2.08. The standard InChI is InChI=1S/C12H15N3O2/c1-3-9-14(10-4-2)13-11-7-5-6-8-12(11)15(16)17/h3-8,13H,1-2,9-10H2. The van der Waals surface area contributed by atoms with Crippen molar-refractivity contribution in [2.24, 2.45) is 0 Å². The summed E-state index contributed by atoms with van der Waals surface area (Å²) in [6.07, 6.45) is 3.43. The summed E-state index contributed by atoms with van der Waals surface area (Å²) in [5.41, 5.74) is 3.49. The van der Waals surface area contributed by atoms with Crippen molar-refractivity contribution in [3.05, 3.63) is 59.7 Å². The summed E-state index contributed by atoms with van der Waals surface area (Å²) >= 11 is 0. The molecule has 1 aromatic rings. The van der Waals surface area contributed by atoms with E-state index in [0.29, 0.717) is 18.8 Å². The third kappa shape index (κ3) is 3.73. The van der Waals surface area contributed by atoms with Gasteiger partial charge >= 0.3 is 0 Å². The number of anilines is 1. The SMILES string of the molecule is C=CCN(CC=C)Nc1ccccc1[N+](=O)[O-]. The van der Waals surface area contributed by atoms with Gasteiger partial charge in [-0.1, -0.05) is 24.3 Å². The maximum absolute atomic E-state index is 10.8. The van der Waals surface area contributed by atoms with Crippen LogP contribution < -0.4 is 5.43 Å². The van der Waals surface area contributed by atoms with Crippen molar-refractivity contribution in [1.29, 1.82) is 0 Å². The van der Waals surface area contributed by atoms with Crippen LogP contribution in [0.4, 0.5) is 11.4 Å². The summed E-state index contributed by atoms with van der Waals surface area (Å²) in [4.78, 5) is 10.4. The number of nitro groups is 1. The molecule has 0 amide bonds. The van der Waals surface area contributed by atoms with Crippen LogP contribution in [-0.2, 0) is 0 Å². The number of rotatable bonds is 7. The van der Waals surface area contributed by atoms with Gasteiger partial charge in [-0.15, -0.1) is 13.2 Å². The zero-order valence-corrected chi connectivity index (χ0v) is 9.50. The largest absolute Gasteiger partial charge is 0.312 e. The first-order valence-corrected chi connectivity index (χ1v) is 5.16. The Morgan fingerprint density at radius 3 is 2.41 bits per heavy atom. The van der Waals surface area contributed by atoms with Crippen molar-refractivity contribution in [2.75, 3.05) is 18.5 Å². The maximum atomic E-state index is 10.8. The molecule has 0 atom stereocenters. The predicted octanol–water partition coefficient (Wildman–Crippen LogP) is 2.60. The molecule has 0 fully saturated rings. The third-order valence-corrected chi connectivity index (χ3v) is 2.08. The topological polar surface area (TPSA) is 58.4 Å². The van der Waals surface area contributed by atoms with Crippen molar-refractivity contribution in [3.63, 3.8) is 0 Å². The number of hydrogen-bond acceptors (Lipinski definition) is 4. The lowest BCUT2D eigenvalue weighted by Gasteiger charge is -2.20. The van der Waals surface area contributed by atoms with Crippen molar-refractivity contribution in [1.82, 2.24) is 5.01 Å². The Balaban J connectivity index is 2.87. The molecular formula is C12H15N3O2. The van der Waals surface area contributed by atoms with Gasteiger partial charge in [0.15, 0.2) is 0 Å². The lowest BCUT2D eigenvalue weighted by atomic mass is 10.3.